The molecule has 1 N–H and O–H groups in total. The van der Waals surface area contributed by atoms with Gasteiger partial charge in [-0.05, 0) is 61.5 Å². The minimum Gasteiger partial charge on any atom is -0.496 e. The second-order valence-corrected chi connectivity index (χ2v) is 9.11. The number of hydrogen-bond acceptors (Lipinski definition) is 4. The van der Waals surface area contributed by atoms with Crippen molar-refractivity contribution in [2.45, 2.75) is 11.8 Å². The number of para-hydroxylation sites is 1. The van der Waals surface area contributed by atoms with Crippen molar-refractivity contribution < 1.29 is 17.9 Å². The fraction of sp³-hybridized carbons (Fsp3) is 0.136. The van der Waals surface area contributed by atoms with E-state index in [1.54, 1.807) is 61.5 Å². The Hall–Kier alpha value is -2.84. The van der Waals surface area contributed by atoms with Crippen molar-refractivity contribution >= 4 is 43.2 Å². The zero-order chi connectivity index (χ0) is 21.7. The van der Waals surface area contributed by atoms with Crippen LogP contribution in [0.1, 0.15) is 17.3 Å². The second kappa shape index (κ2) is 9.32. The van der Waals surface area contributed by atoms with E-state index in [1.165, 1.54) is 23.5 Å². The van der Waals surface area contributed by atoms with E-state index in [1.807, 2.05) is 6.07 Å². The van der Waals surface area contributed by atoms with Crippen molar-refractivity contribution in [2.75, 3.05) is 23.3 Å². The third-order valence-corrected chi connectivity index (χ3v) is 6.85. The van der Waals surface area contributed by atoms with Crippen molar-refractivity contribution in [2.24, 2.45) is 0 Å². The average molecular weight is 489 g/mol. The van der Waals surface area contributed by atoms with Crippen LogP contribution in [-0.4, -0.2) is 28.0 Å². The number of amides is 1. The largest absolute Gasteiger partial charge is 0.496 e. The van der Waals surface area contributed by atoms with Crippen LogP contribution in [0.25, 0.3) is 0 Å². The third-order valence-electron chi connectivity index (χ3n) is 4.44. The summed E-state index contributed by atoms with van der Waals surface area (Å²) >= 11 is 3.34. The molecule has 0 atom stereocenters. The van der Waals surface area contributed by atoms with E-state index >= 15 is 0 Å². The molecule has 0 unspecified atom stereocenters. The van der Waals surface area contributed by atoms with Gasteiger partial charge in [0.2, 0.25) is 0 Å². The molecule has 0 bridgehead atoms. The van der Waals surface area contributed by atoms with Crippen LogP contribution in [0.4, 0.5) is 11.4 Å². The molecule has 3 aromatic carbocycles. The van der Waals surface area contributed by atoms with Crippen LogP contribution >= 0.6 is 15.9 Å². The smallest absolute Gasteiger partial charge is 0.264 e. The number of benzene rings is 3. The molecule has 3 aromatic rings. The number of anilines is 2. The zero-order valence-electron chi connectivity index (χ0n) is 16.5. The Morgan fingerprint density at radius 3 is 2.30 bits per heavy atom. The maximum absolute atomic E-state index is 13.1. The highest BCUT2D eigenvalue weighted by molar-refractivity contribution is 9.10. The van der Waals surface area contributed by atoms with E-state index in [-0.39, 0.29) is 10.8 Å². The lowest BCUT2D eigenvalue weighted by molar-refractivity contribution is 0.102. The van der Waals surface area contributed by atoms with Crippen LogP contribution in [-0.2, 0) is 10.0 Å². The number of rotatable bonds is 7. The van der Waals surface area contributed by atoms with Gasteiger partial charge in [-0.3, -0.25) is 9.10 Å². The first kappa shape index (κ1) is 21.9. The third kappa shape index (κ3) is 4.66. The Balaban J connectivity index is 1.83. The number of sulfonamides is 1. The molecular formula is C22H21BrN2O4S. The van der Waals surface area contributed by atoms with Crippen molar-refractivity contribution in [3.8, 4) is 5.75 Å². The summed E-state index contributed by atoms with van der Waals surface area (Å²) in [5, 5.41) is 2.77. The predicted molar refractivity (Wildman–Crippen MR) is 122 cm³/mol. The van der Waals surface area contributed by atoms with Gasteiger partial charge >= 0.3 is 0 Å². The van der Waals surface area contributed by atoms with Gasteiger partial charge in [-0.2, -0.15) is 0 Å². The molecular weight excluding hydrogens is 468 g/mol. The molecule has 1 amide bonds. The first-order chi connectivity index (χ1) is 14.4. The summed E-state index contributed by atoms with van der Waals surface area (Å²) in [6.45, 7) is 2.08. The molecule has 0 aromatic heterocycles. The molecule has 0 aliphatic heterocycles. The summed E-state index contributed by atoms with van der Waals surface area (Å²) in [6.07, 6.45) is 0. The SMILES string of the molecule is CCN(c1ccccc1)S(=O)(=O)c1ccc(NC(=O)c2cc(Br)ccc2OC)cc1. The Morgan fingerprint density at radius 2 is 1.70 bits per heavy atom. The molecule has 0 radical (unpaired) electrons. The topological polar surface area (TPSA) is 75.7 Å². The molecule has 0 heterocycles. The average Bonchev–Trinajstić information content (AvgIpc) is 2.75. The first-order valence-electron chi connectivity index (χ1n) is 9.19. The van der Waals surface area contributed by atoms with Crippen LogP contribution in [0, 0.1) is 0 Å². The predicted octanol–water partition coefficient (Wildman–Crippen LogP) is 4.93. The number of methoxy groups -OCH3 is 1. The van der Waals surface area contributed by atoms with Crippen molar-refractivity contribution in [3.63, 3.8) is 0 Å². The summed E-state index contributed by atoms with van der Waals surface area (Å²) in [4.78, 5) is 12.8. The summed E-state index contributed by atoms with van der Waals surface area (Å²) in [6, 6.07) is 20.1. The van der Waals surface area contributed by atoms with Crippen LogP contribution < -0.4 is 14.4 Å². The number of ether oxygens (including phenoxy) is 1. The van der Waals surface area contributed by atoms with Gasteiger partial charge in [-0.15, -0.1) is 0 Å². The maximum Gasteiger partial charge on any atom is 0.264 e. The Labute approximate surface area is 184 Å². The zero-order valence-corrected chi connectivity index (χ0v) is 18.9. The van der Waals surface area contributed by atoms with Gasteiger partial charge in [0.15, 0.2) is 0 Å². The Morgan fingerprint density at radius 1 is 1.03 bits per heavy atom. The highest BCUT2D eigenvalue weighted by Gasteiger charge is 2.23. The highest BCUT2D eigenvalue weighted by atomic mass is 79.9. The second-order valence-electron chi connectivity index (χ2n) is 6.33. The van der Waals surface area contributed by atoms with Crippen LogP contribution in [0.2, 0.25) is 0 Å². The van der Waals surface area contributed by atoms with E-state index in [9.17, 15) is 13.2 Å². The molecule has 156 valence electrons. The molecule has 6 nitrogen and oxygen atoms in total. The standard InChI is InChI=1S/C22H21BrN2O4S/c1-3-25(18-7-5-4-6-8-18)30(27,28)19-12-10-17(11-13-19)24-22(26)20-15-16(23)9-14-21(20)29-2/h4-15H,3H2,1-2H3,(H,24,26). The molecule has 0 saturated carbocycles. The van der Waals surface area contributed by atoms with Gasteiger partial charge in [0.25, 0.3) is 15.9 Å². The molecule has 0 aliphatic rings. The van der Waals surface area contributed by atoms with Crippen LogP contribution in [0.15, 0.2) is 82.2 Å². The van der Waals surface area contributed by atoms with E-state index in [0.29, 0.717) is 29.2 Å². The normalized spacial score (nSPS) is 11.0. The van der Waals surface area contributed by atoms with E-state index in [0.717, 1.165) is 4.47 Å². The van der Waals surface area contributed by atoms with Gasteiger partial charge in [-0.25, -0.2) is 8.42 Å². The monoisotopic (exact) mass is 488 g/mol. The van der Waals surface area contributed by atoms with E-state index in [2.05, 4.69) is 21.2 Å². The van der Waals surface area contributed by atoms with Gasteiger partial charge in [-0.1, -0.05) is 34.1 Å². The molecule has 0 fully saturated rings. The molecule has 0 saturated heterocycles. The highest BCUT2D eigenvalue weighted by Crippen LogP contribution is 2.26. The number of hydrogen-bond donors (Lipinski definition) is 1. The fourth-order valence-corrected chi connectivity index (χ4v) is 4.81. The van der Waals surface area contributed by atoms with Gasteiger partial charge in [0.05, 0.1) is 23.3 Å². The minimum absolute atomic E-state index is 0.145. The maximum atomic E-state index is 13.1. The van der Waals surface area contributed by atoms with Crippen molar-refractivity contribution in [3.05, 3.63) is 82.8 Å². The van der Waals surface area contributed by atoms with E-state index in [4.69, 9.17) is 4.74 Å². The quantitative estimate of drug-likeness (QED) is 0.511. The van der Waals surface area contributed by atoms with Crippen LogP contribution in [0.3, 0.4) is 0 Å². The lowest BCUT2D eigenvalue weighted by atomic mass is 10.2. The van der Waals surface area contributed by atoms with E-state index < -0.39 is 10.0 Å². The lowest BCUT2D eigenvalue weighted by Gasteiger charge is -2.23. The van der Waals surface area contributed by atoms with Gasteiger partial charge < -0.3 is 10.1 Å². The van der Waals surface area contributed by atoms with Gasteiger partial charge in [0, 0.05) is 16.7 Å². The van der Waals surface area contributed by atoms with Gasteiger partial charge in [0.1, 0.15) is 5.75 Å². The Kier molecular flexibility index (Phi) is 6.79. The molecule has 8 heteroatoms. The Bertz CT molecular complexity index is 1130. The van der Waals surface area contributed by atoms with Crippen molar-refractivity contribution in [1.29, 1.82) is 0 Å². The fourth-order valence-electron chi connectivity index (χ4n) is 2.98. The summed E-state index contributed by atoms with van der Waals surface area (Å²) < 4.78 is 33.4. The molecule has 0 spiro atoms. The number of nitrogens with one attached hydrogen (secondary N) is 1. The summed E-state index contributed by atoms with van der Waals surface area (Å²) in [5.41, 5.74) is 1.44. The minimum atomic E-state index is -3.72. The molecule has 3 rings (SSSR count). The number of carbonyl (C=O) groups excluding carboxylic acids is 1. The lowest BCUT2D eigenvalue weighted by Crippen LogP contribution is -2.30. The molecule has 0 aliphatic carbocycles. The number of nitrogens with zero attached hydrogens (tertiary/aromatic N) is 1. The first-order valence-corrected chi connectivity index (χ1v) is 11.4. The number of carbonyl (C=O) groups is 1. The van der Waals surface area contributed by atoms with Crippen molar-refractivity contribution in [1.82, 2.24) is 0 Å². The summed E-state index contributed by atoms with van der Waals surface area (Å²) in [5.74, 6) is 0.0829. The molecule has 30 heavy (non-hydrogen) atoms. The van der Waals surface area contributed by atoms with Crippen LogP contribution in [0.5, 0.6) is 5.75 Å². The summed E-state index contributed by atoms with van der Waals surface area (Å²) in [7, 11) is -2.23. The number of halogens is 1.